The first-order valence-electron chi connectivity index (χ1n) is 7.06. The molecule has 1 amide bonds. The lowest BCUT2D eigenvalue weighted by molar-refractivity contribution is -0.133. The van der Waals surface area contributed by atoms with Gasteiger partial charge in [0.25, 0.3) is 0 Å². The number of carbonyl (C=O) groups excluding carboxylic acids is 1. The highest BCUT2D eigenvalue weighted by molar-refractivity contribution is 5.76. The second-order valence-electron chi connectivity index (χ2n) is 5.39. The van der Waals surface area contributed by atoms with Crippen LogP contribution in [0.2, 0.25) is 0 Å². The van der Waals surface area contributed by atoms with E-state index in [1.165, 1.54) is 6.42 Å². The molecule has 0 saturated carbocycles. The Hall–Kier alpha value is -1.43. The van der Waals surface area contributed by atoms with Gasteiger partial charge in [-0.15, -0.1) is 5.10 Å². The largest absolute Gasteiger partial charge is 0.341 e. The van der Waals surface area contributed by atoms with Crippen LogP contribution in [0.15, 0.2) is 6.20 Å². The maximum atomic E-state index is 12.2. The number of likely N-dealkylation sites (tertiary alicyclic amines) is 1. The molecule has 0 spiro atoms. The SMILES string of the molecule is CC1CCCN(C(=O)Cn2cc(CCCN)nn2)C1. The Bertz CT molecular complexity index is 417. The van der Waals surface area contributed by atoms with Crippen LogP contribution in [0.25, 0.3) is 0 Å². The summed E-state index contributed by atoms with van der Waals surface area (Å²) < 4.78 is 1.63. The van der Waals surface area contributed by atoms with Gasteiger partial charge in [-0.3, -0.25) is 4.79 Å². The van der Waals surface area contributed by atoms with Crippen molar-refractivity contribution in [2.75, 3.05) is 19.6 Å². The number of amides is 1. The van der Waals surface area contributed by atoms with Gasteiger partial charge < -0.3 is 10.6 Å². The zero-order valence-corrected chi connectivity index (χ0v) is 11.6. The van der Waals surface area contributed by atoms with Gasteiger partial charge in [0, 0.05) is 19.3 Å². The molecule has 2 rings (SSSR count). The molecule has 1 atom stereocenters. The van der Waals surface area contributed by atoms with Crippen LogP contribution in [0, 0.1) is 5.92 Å². The van der Waals surface area contributed by atoms with Gasteiger partial charge in [0.05, 0.1) is 5.69 Å². The molecule has 0 bridgehead atoms. The lowest BCUT2D eigenvalue weighted by atomic mass is 10.0. The fourth-order valence-corrected chi connectivity index (χ4v) is 2.47. The van der Waals surface area contributed by atoms with Gasteiger partial charge >= 0.3 is 0 Å². The van der Waals surface area contributed by atoms with E-state index in [4.69, 9.17) is 5.73 Å². The van der Waals surface area contributed by atoms with E-state index in [0.717, 1.165) is 38.0 Å². The number of piperidine rings is 1. The molecular formula is C13H23N5O. The summed E-state index contributed by atoms with van der Waals surface area (Å²) in [6.07, 6.45) is 5.89. The summed E-state index contributed by atoms with van der Waals surface area (Å²) in [5, 5.41) is 8.05. The molecule has 1 aliphatic rings. The number of carbonyl (C=O) groups is 1. The fourth-order valence-electron chi connectivity index (χ4n) is 2.47. The highest BCUT2D eigenvalue weighted by atomic mass is 16.2. The van der Waals surface area contributed by atoms with Crippen molar-refractivity contribution in [2.24, 2.45) is 11.7 Å². The number of nitrogens with zero attached hydrogens (tertiary/aromatic N) is 4. The van der Waals surface area contributed by atoms with Crippen LogP contribution in [0.4, 0.5) is 0 Å². The van der Waals surface area contributed by atoms with E-state index in [2.05, 4.69) is 17.2 Å². The third-order valence-corrected chi connectivity index (χ3v) is 3.53. The van der Waals surface area contributed by atoms with Crippen molar-refractivity contribution in [1.82, 2.24) is 19.9 Å². The van der Waals surface area contributed by atoms with Crippen molar-refractivity contribution in [3.05, 3.63) is 11.9 Å². The molecule has 1 aromatic heterocycles. The third kappa shape index (κ3) is 4.02. The fraction of sp³-hybridized carbons (Fsp3) is 0.769. The maximum Gasteiger partial charge on any atom is 0.244 e. The zero-order chi connectivity index (χ0) is 13.7. The van der Waals surface area contributed by atoms with E-state index in [1.807, 2.05) is 11.1 Å². The summed E-state index contributed by atoms with van der Waals surface area (Å²) in [6.45, 7) is 4.88. The first-order valence-corrected chi connectivity index (χ1v) is 7.06. The van der Waals surface area contributed by atoms with Crippen LogP contribution in [0.3, 0.4) is 0 Å². The molecule has 2 N–H and O–H groups in total. The Balaban J connectivity index is 1.86. The van der Waals surface area contributed by atoms with Crippen molar-refractivity contribution < 1.29 is 4.79 Å². The second kappa shape index (κ2) is 6.65. The smallest absolute Gasteiger partial charge is 0.244 e. The standard InChI is InChI=1S/C13H23N5O/c1-11-4-3-7-17(8-11)13(19)10-18-9-12(15-16-18)5-2-6-14/h9,11H,2-8,10,14H2,1H3. The van der Waals surface area contributed by atoms with Gasteiger partial charge in [-0.2, -0.15) is 0 Å². The molecule has 1 aliphatic heterocycles. The molecule has 6 nitrogen and oxygen atoms in total. The molecule has 1 fully saturated rings. The molecule has 1 saturated heterocycles. The summed E-state index contributed by atoms with van der Waals surface area (Å²) in [6, 6.07) is 0. The Labute approximate surface area is 113 Å². The van der Waals surface area contributed by atoms with E-state index in [0.29, 0.717) is 19.0 Å². The maximum absolute atomic E-state index is 12.2. The van der Waals surface area contributed by atoms with Crippen molar-refractivity contribution in [1.29, 1.82) is 0 Å². The summed E-state index contributed by atoms with van der Waals surface area (Å²) in [4.78, 5) is 14.1. The summed E-state index contributed by atoms with van der Waals surface area (Å²) in [5.41, 5.74) is 6.37. The van der Waals surface area contributed by atoms with Gasteiger partial charge in [0.1, 0.15) is 6.54 Å². The molecule has 0 aliphatic carbocycles. The highest BCUT2D eigenvalue weighted by Gasteiger charge is 2.21. The molecule has 1 aromatic rings. The van der Waals surface area contributed by atoms with Crippen molar-refractivity contribution in [3.63, 3.8) is 0 Å². The van der Waals surface area contributed by atoms with E-state index < -0.39 is 0 Å². The lowest BCUT2D eigenvalue weighted by Crippen LogP contribution is -2.40. The lowest BCUT2D eigenvalue weighted by Gasteiger charge is -2.30. The molecular weight excluding hydrogens is 242 g/mol. The molecule has 2 heterocycles. The molecule has 0 aromatic carbocycles. The topological polar surface area (TPSA) is 77.0 Å². The van der Waals surface area contributed by atoms with E-state index in [9.17, 15) is 4.79 Å². The van der Waals surface area contributed by atoms with Crippen LogP contribution in [-0.2, 0) is 17.8 Å². The first-order chi connectivity index (χ1) is 9.19. The van der Waals surface area contributed by atoms with Crippen molar-refractivity contribution in [3.8, 4) is 0 Å². The summed E-state index contributed by atoms with van der Waals surface area (Å²) in [5.74, 6) is 0.746. The van der Waals surface area contributed by atoms with Gasteiger partial charge in [0.15, 0.2) is 0 Å². The third-order valence-electron chi connectivity index (χ3n) is 3.53. The number of nitrogens with two attached hydrogens (primary N) is 1. The molecule has 1 unspecified atom stereocenters. The number of aromatic nitrogens is 3. The number of aryl methyl sites for hydroxylation is 1. The van der Waals surface area contributed by atoms with Gasteiger partial charge in [-0.25, -0.2) is 4.68 Å². The average Bonchev–Trinajstić information content (AvgIpc) is 2.84. The molecule has 0 radical (unpaired) electrons. The second-order valence-corrected chi connectivity index (χ2v) is 5.39. The normalized spacial score (nSPS) is 19.7. The number of hydrogen-bond acceptors (Lipinski definition) is 4. The Morgan fingerprint density at radius 1 is 1.58 bits per heavy atom. The number of hydrogen-bond donors (Lipinski definition) is 1. The summed E-state index contributed by atoms with van der Waals surface area (Å²) in [7, 11) is 0. The van der Waals surface area contributed by atoms with Crippen molar-refractivity contribution >= 4 is 5.91 Å². The minimum atomic E-state index is 0.141. The van der Waals surface area contributed by atoms with Crippen LogP contribution in [0.1, 0.15) is 31.9 Å². The van der Waals surface area contributed by atoms with E-state index in [1.54, 1.807) is 4.68 Å². The van der Waals surface area contributed by atoms with Crippen molar-refractivity contribution in [2.45, 2.75) is 39.2 Å². The zero-order valence-electron chi connectivity index (χ0n) is 11.6. The quantitative estimate of drug-likeness (QED) is 0.837. The number of rotatable bonds is 5. The molecule has 6 heteroatoms. The average molecular weight is 265 g/mol. The minimum absolute atomic E-state index is 0.141. The predicted octanol–water partition coefficient (Wildman–Crippen LogP) is 0.428. The van der Waals surface area contributed by atoms with E-state index in [-0.39, 0.29) is 5.91 Å². The van der Waals surface area contributed by atoms with Crippen LogP contribution < -0.4 is 5.73 Å². The minimum Gasteiger partial charge on any atom is -0.341 e. The van der Waals surface area contributed by atoms with Gasteiger partial charge in [-0.05, 0) is 38.1 Å². The van der Waals surface area contributed by atoms with Crippen LogP contribution >= 0.6 is 0 Å². The van der Waals surface area contributed by atoms with Crippen LogP contribution in [0.5, 0.6) is 0 Å². The summed E-state index contributed by atoms with van der Waals surface area (Å²) >= 11 is 0. The monoisotopic (exact) mass is 265 g/mol. The molecule has 106 valence electrons. The Morgan fingerprint density at radius 2 is 2.42 bits per heavy atom. The Morgan fingerprint density at radius 3 is 3.16 bits per heavy atom. The first kappa shape index (κ1) is 14.0. The predicted molar refractivity (Wildman–Crippen MR) is 72.4 cm³/mol. The molecule has 19 heavy (non-hydrogen) atoms. The van der Waals surface area contributed by atoms with Crippen LogP contribution in [-0.4, -0.2) is 45.4 Å². The van der Waals surface area contributed by atoms with E-state index >= 15 is 0 Å². The van der Waals surface area contributed by atoms with Gasteiger partial charge in [0.2, 0.25) is 5.91 Å². The van der Waals surface area contributed by atoms with Gasteiger partial charge in [-0.1, -0.05) is 12.1 Å². The Kier molecular flexibility index (Phi) is 4.90. The highest BCUT2D eigenvalue weighted by Crippen LogP contribution is 2.15.